The van der Waals surface area contributed by atoms with E-state index in [1.165, 1.54) is 11.1 Å². The van der Waals surface area contributed by atoms with Crippen molar-refractivity contribution in [3.05, 3.63) is 35.4 Å². The summed E-state index contributed by atoms with van der Waals surface area (Å²) in [6, 6.07) is 4.00. The topological polar surface area (TPSA) is 53.0 Å². The minimum atomic E-state index is -0.833. The Morgan fingerprint density at radius 1 is 1.27 bits per heavy atom. The molecule has 140 valence electrons. The van der Waals surface area contributed by atoms with Gasteiger partial charge in [-0.15, -0.1) is 0 Å². The summed E-state index contributed by atoms with van der Waals surface area (Å²) < 4.78 is 26.3. The maximum absolute atomic E-state index is 13.3. The molecule has 3 rings (SSSR count). The molecule has 2 aliphatic rings. The average molecular weight is 363 g/mol. The standard InChI is InChI=1S/C19H23F2N3O2/c1-23-18(25)9-8-17(22-23)19(26)24-10-2-3-14(12-24)5-4-13-6-7-15(20)16(21)11-13/h6-7,11,14H,2-5,8-10,12H2,1H3/t14-/m0/s1. The summed E-state index contributed by atoms with van der Waals surface area (Å²) in [5.41, 5.74) is 1.21. The average Bonchev–Trinajstić information content (AvgIpc) is 2.64. The quantitative estimate of drug-likeness (QED) is 0.826. The number of rotatable bonds is 4. The van der Waals surface area contributed by atoms with Crippen molar-refractivity contribution in [3.63, 3.8) is 0 Å². The van der Waals surface area contributed by atoms with Gasteiger partial charge in [0.1, 0.15) is 5.71 Å². The number of hydrogen-bond donors (Lipinski definition) is 0. The van der Waals surface area contributed by atoms with E-state index >= 15 is 0 Å². The van der Waals surface area contributed by atoms with Gasteiger partial charge in [0.25, 0.3) is 5.91 Å². The van der Waals surface area contributed by atoms with Crippen molar-refractivity contribution in [1.29, 1.82) is 0 Å². The molecule has 0 bridgehead atoms. The third-order valence-electron chi connectivity index (χ3n) is 5.09. The third kappa shape index (κ3) is 4.26. The lowest BCUT2D eigenvalue weighted by Gasteiger charge is -2.34. The van der Waals surface area contributed by atoms with Gasteiger partial charge >= 0.3 is 0 Å². The van der Waals surface area contributed by atoms with Crippen molar-refractivity contribution < 1.29 is 18.4 Å². The molecule has 2 aliphatic heterocycles. The summed E-state index contributed by atoms with van der Waals surface area (Å²) in [5, 5.41) is 5.34. The van der Waals surface area contributed by atoms with Gasteiger partial charge in [0.15, 0.2) is 11.6 Å². The van der Waals surface area contributed by atoms with E-state index < -0.39 is 11.6 Å². The van der Waals surface area contributed by atoms with Gasteiger partial charge in [-0.3, -0.25) is 9.59 Å². The monoisotopic (exact) mass is 363 g/mol. The van der Waals surface area contributed by atoms with Crippen LogP contribution in [0.2, 0.25) is 0 Å². The molecule has 5 nitrogen and oxygen atoms in total. The molecule has 2 heterocycles. The van der Waals surface area contributed by atoms with Crippen molar-refractivity contribution in [3.8, 4) is 0 Å². The Balaban J connectivity index is 1.57. The van der Waals surface area contributed by atoms with Crippen LogP contribution in [0.1, 0.15) is 37.7 Å². The Hall–Kier alpha value is -2.31. The first-order chi connectivity index (χ1) is 12.4. The second-order valence-corrected chi connectivity index (χ2v) is 7.01. The van der Waals surface area contributed by atoms with Crippen LogP contribution in [-0.2, 0) is 16.0 Å². The Bertz CT molecular complexity index is 735. The highest BCUT2D eigenvalue weighted by molar-refractivity contribution is 6.39. The van der Waals surface area contributed by atoms with Crippen LogP contribution in [0.3, 0.4) is 0 Å². The molecule has 0 unspecified atom stereocenters. The Morgan fingerprint density at radius 2 is 2.08 bits per heavy atom. The molecular weight excluding hydrogens is 340 g/mol. The number of piperidine rings is 1. The Kier molecular flexibility index (Phi) is 5.64. The lowest BCUT2D eigenvalue weighted by molar-refractivity contribution is -0.131. The summed E-state index contributed by atoms with van der Waals surface area (Å²) in [4.78, 5) is 26.0. The van der Waals surface area contributed by atoms with Crippen LogP contribution in [0.15, 0.2) is 23.3 Å². The second kappa shape index (κ2) is 7.93. The molecule has 1 aromatic rings. The number of carbonyl (C=O) groups is 2. The lowest BCUT2D eigenvalue weighted by Crippen LogP contribution is -2.45. The maximum atomic E-state index is 13.3. The molecule has 1 fully saturated rings. The molecule has 1 atom stereocenters. The first-order valence-electron chi connectivity index (χ1n) is 9.01. The van der Waals surface area contributed by atoms with Gasteiger partial charge in [0.2, 0.25) is 5.91 Å². The molecular formula is C19H23F2N3O2. The second-order valence-electron chi connectivity index (χ2n) is 7.01. The third-order valence-corrected chi connectivity index (χ3v) is 5.09. The van der Waals surface area contributed by atoms with Crippen LogP contribution >= 0.6 is 0 Å². The number of nitrogens with zero attached hydrogens (tertiary/aromatic N) is 3. The van der Waals surface area contributed by atoms with Gasteiger partial charge in [0, 0.05) is 33.0 Å². The highest BCUT2D eigenvalue weighted by Gasteiger charge is 2.29. The van der Waals surface area contributed by atoms with Crippen LogP contribution in [0.4, 0.5) is 8.78 Å². The smallest absolute Gasteiger partial charge is 0.270 e. The molecule has 7 heteroatoms. The van der Waals surface area contributed by atoms with Crippen molar-refractivity contribution in [2.24, 2.45) is 11.0 Å². The zero-order valence-electron chi connectivity index (χ0n) is 14.9. The fraction of sp³-hybridized carbons (Fsp3) is 0.526. The van der Waals surface area contributed by atoms with Gasteiger partial charge in [0.05, 0.1) is 0 Å². The van der Waals surface area contributed by atoms with Crippen molar-refractivity contribution in [2.75, 3.05) is 20.1 Å². The van der Waals surface area contributed by atoms with Gasteiger partial charge in [-0.05, 0) is 49.3 Å². The summed E-state index contributed by atoms with van der Waals surface area (Å²) >= 11 is 0. The number of halogens is 2. The molecule has 0 spiro atoms. The van der Waals surface area contributed by atoms with Crippen molar-refractivity contribution in [2.45, 2.75) is 38.5 Å². The van der Waals surface area contributed by atoms with Crippen molar-refractivity contribution >= 4 is 17.5 Å². The first kappa shape index (κ1) is 18.5. The molecule has 0 aliphatic carbocycles. The minimum absolute atomic E-state index is 0.0791. The van der Waals surface area contributed by atoms with Crippen LogP contribution in [0, 0.1) is 17.6 Å². The maximum Gasteiger partial charge on any atom is 0.270 e. The number of benzene rings is 1. The fourth-order valence-corrected chi connectivity index (χ4v) is 3.56. The Labute approximate surface area is 151 Å². The molecule has 0 saturated carbocycles. The zero-order chi connectivity index (χ0) is 18.7. The summed E-state index contributed by atoms with van der Waals surface area (Å²) in [6.45, 7) is 1.33. The molecule has 0 aromatic heterocycles. The van der Waals surface area contributed by atoms with Gasteiger partial charge in [-0.25, -0.2) is 13.8 Å². The molecule has 1 aromatic carbocycles. The van der Waals surface area contributed by atoms with Crippen LogP contribution in [-0.4, -0.2) is 47.6 Å². The highest BCUT2D eigenvalue weighted by Crippen LogP contribution is 2.23. The Morgan fingerprint density at radius 3 is 2.81 bits per heavy atom. The largest absolute Gasteiger partial charge is 0.337 e. The predicted octanol–water partition coefficient (Wildman–Crippen LogP) is 2.74. The van der Waals surface area contributed by atoms with E-state index in [0.717, 1.165) is 30.9 Å². The predicted molar refractivity (Wildman–Crippen MR) is 93.4 cm³/mol. The zero-order valence-corrected chi connectivity index (χ0v) is 14.9. The van der Waals surface area contributed by atoms with Gasteiger partial charge in [-0.2, -0.15) is 5.10 Å². The molecule has 2 amide bonds. The lowest BCUT2D eigenvalue weighted by atomic mass is 9.91. The van der Waals surface area contributed by atoms with E-state index in [0.29, 0.717) is 44.0 Å². The van der Waals surface area contributed by atoms with E-state index in [-0.39, 0.29) is 11.8 Å². The number of hydrogen-bond acceptors (Lipinski definition) is 3. The number of likely N-dealkylation sites (tertiary alicyclic amines) is 1. The van der Waals surface area contributed by atoms with Crippen LogP contribution < -0.4 is 0 Å². The van der Waals surface area contributed by atoms with Crippen LogP contribution in [0.25, 0.3) is 0 Å². The van der Waals surface area contributed by atoms with Crippen LogP contribution in [0.5, 0.6) is 0 Å². The van der Waals surface area contributed by atoms with E-state index in [4.69, 9.17) is 0 Å². The number of aryl methyl sites for hydroxylation is 1. The highest BCUT2D eigenvalue weighted by atomic mass is 19.2. The SMILES string of the molecule is CN1N=C(C(=O)N2CCC[C@@H](CCc3ccc(F)c(F)c3)C2)CCC1=O. The van der Waals surface area contributed by atoms with E-state index in [2.05, 4.69) is 5.10 Å². The normalized spacial score (nSPS) is 21.0. The van der Waals surface area contributed by atoms with Crippen molar-refractivity contribution in [1.82, 2.24) is 9.91 Å². The first-order valence-corrected chi connectivity index (χ1v) is 9.01. The molecule has 1 saturated heterocycles. The molecule has 0 radical (unpaired) electrons. The molecule has 0 N–H and O–H groups in total. The van der Waals surface area contributed by atoms with E-state index in [1.54, 1.807) is 13.1 Å². The van der Waals surface area contributed by atoms with Gasteiger partial charge in [-0.1, -0.05) is 6.07 Å². The van der Waals surface area contributed by atoms with Gasteiger partial charge < -0.3 is 4.90 Å². The summed E-state index contributed by atoms with van der Waals surface area (Å²) in [6.07, 6.45) is 4.10. The van der Waals surface area contributed by atoms with E-state index in [1.807, 2.05) is 4.90 Å². The summed E-state index contributed by atoms with van der Waals surface area (Å²) in [5.74, 6) is -1.51. The number of amides is 2. The summed E-state index contributed by atoms with van der Waals surface area (Å²) in [7, 11) is 1.57. The number of hydrazone groups is 1. The minimum Gasteiger partial charge on any atom is -0.337 e. The fourth-order valence-electron chi connectivity index (χ4n) is 3.56. The van der Waals surface area contributed by atoms with E-state index in [9.17, 15) is 18.4 Å². The molecule has 26 heavy (non-hydrogen) atoms. The number of carbonyl (C=O) groups excluding carboxylic acids is 2.